The van der Waals surface area contributed by atoms with Gasteiger partial charge in [-0.2, -0.15) is 5.10 Å². The van der Waals surface area contributed by atoms with E-state index in [1.807, 2.05) is 18.8 Å². The van der Waals surface area contributed by atoms with Crippen molar-refractivity contribution in [3.8, 4) is 0 Å². The summed E-state index contributed by atoms with van der Waals surface area (Å²) in [7, 11) is 3.84. The number of halogens is 1. The third-order valence-corrected chi connectivity index (χ3v) is 3.70. The molecule has 19 heavy (non-hydrogen) atoms. The Kier molecular flexibility index (Phi) is 6.09. The van der Waals surface area contributed by atoms with Gasteiger partial charge in [-0.1, -0.05) is 0 Å². The summed E-state index contributed by atoms with van der Waals surface area (Å²) in [6, 6.07) is 0. The van der Waals surface area contributed by atoms with E-state index in [9.17, 15) is 0 Å². The topological polar surface area (TPSA) is 45.5 Å². The molecule has 1 aliphatic rings. The number of guanidine groups is 1. The van der Waals surface area contributed by atoms with Crippen LogP contribution in [0.15, 0.2) is 4.99 Å². The zero-order valence-electron chi connectivity index (χ0n) is 12.2. The first-order valence-electron chi connectivity index (χ1n) is 6.58. The maximum Gasteiger partial charge on any atom is 0.193 e. The number of nitrogens with zero attached hydrogens (tertiary/aromatic N) is 4. The van der Waals surface area contributed by atoms with Gasteiger partial charge in [-0.3, -0.25) is 9.67 Å². The van der Waals surface area contributed by atoms with Crippen molar-refractivity contribution in [2.75, 3.05) is 20.1 Å². The minimum Gasteiger partial charge on any atom is -0.352 e. The van der Waals surface area contributed by atoms with Crippen molar-refractivity contribution in [3.05, 3.63) is 17.0 Å². The fourth-order valence-corrected chi connectivity index (χ4v) is 2.50. The Morgan fingerprint density at radius 2 is 1.95 bits per heavy atom. The summed E-state index contributed by atoms with van der Waals surface area (Å²) in [6.45, 7) is 7.20. The standard InChI is InChI=1S/C13H23N5.HI/c1-10-12(11(2)17(4)16-10)9-15-13(14-3)18-7-5-6-8-18;/h5-9H2,1-4H3,(H,14,15);1H. The van der Waals surface area contributed by atoms with Crippen molar-refractivity contribution in [2.24, 2.45) is 12.0 Å². The molecule has 0 spiro atoms. The second kappa shape index (κ2) is 7.12. The van der Waals surface area contributed by atoms with Crippen LogP contribution in [-0.4, -0.2) is 40.8 Å². The largest absolute Gasteiger partial charge is 0.352 e. The van der Waals surface area contributed by atoms with Gasteiger partial charge >= 0.3 is 0 Å². The van der Waals surface area contributed by atoms with Crippen LogP contribution in [0.1, 0.15) is 29.8 Å². The number of likely N-dealkylation sites (tertiary alicyclic amines) is 1. The second-order valence-corrected chi connectivity index (χ2v) is 4.87. The Hall–Kier alpha value is -0.790. The normalized spacial score (nSPS) is 15.6. The molecule has 1 fully saturated rings. The zero-order chi connectivity index (χ0) is 13.1. The third kappa shape index (κ3) is 3.61. The lowest BCUT2D eigenvalue weighted by molar-refractivity contribution is 0.493. The summed E-state index contributed by atoms with van der Waals surface area (Å²) in [4.78, 5) is 6.68. The Labute approximate surface area is 132 Å². The number of rotatable bonds is 2. The van der Waals surface area contributed by atoms with Crippen LogP contribution in [-0.2, 0) is 13.6 Å². The van der Waals surface area contributed by atoms with Gasteiger partial charge in [-0.15, -0.1) is 24.0 Å². The zero-order valence-corrected chi connectivity index (χ0v) is 14.6. The number of nitrogens with one attached hydrogen (secondary N) is 1. The van der Waals surface area contributed by atoms with Gasteiger partial charge in [0.1, 0.15) is 0 Å². The van der Waals surface area contributed by atoms with Gasteiger partial charge in [0.2, 0.25) is 0 Å². The minimum atomic E-state index is 0. The fourth-order valence-electron chi connectivity index (χ4n) is 2.50. The lowest BCUT2D eigenvalue weighted by Crippen LogP contribution is -2.39. The van der Waals surface area contributed by atoms with Crippen LogP contribution in [0.5, 0.6) is 0 Å². The molecule has 0 amide bonds. The average molecular weight is 377 g/mol. The van der Waals surface area contributed by atoms with E-state index in [-0.39, 0.29) is 24.0 Å². The number of hydrogen-bond donors (Lipinski definition) is 1. The molecule has 5 nitrogen and oxygen atoms in total. The molecular formula is C13H24IN5. The summed E-state index contributed by atoms with van der Waals surface area (Å²) in [5.74, 6) is 1.01. The maximum atomic E-state index is 4.44. The maximum absolute atomic E-state index is 4.44. The molecular weight excluding hydrogens is 353 g/mol. The molecule has 0 aliphatic carbocycles. The second-order valence-electron chi connectivity index (χ2n) is 4.87. The van der Waals surface area contributed by atoms with E-state index in [1.165, 1.54) is 24.1 Å². The molecule has 1 saturated heterocycles. The van der Waals surface area contributed by atoms with Crippen LogP contribution in [0, 0.1) is 13.8 Å². The molecule has 1 aromatic rings. The average Bonchev–Trinajstić information content (AvgIpc) is 2.94. The first kappa shape index (κ1) is 16.3. The van der Waals surface area contributed by atoms with E-state index in [2.05, 4.69) is 34.2 Å². The molecule has 0 aromatic carbocycles. The van der Waals surface area contributed by atoms with Crippen molar-refractivity contribution in [1.29, 1.82) is 0 Å². The molecule has 108 valence electrons. The lowest BCUT2D eigenvalue weighted by atomic mass is 10.2. The van der Waals surface area contributed by atoms with Crippen molar-refractivity contribution >= 4 is 29.9 Å². The van der Waals surface area contributed by atoms with Gasteiger partial charge in [0.05, 0.1) is 5.69 Å². The number of aryl methyl sites for hydroxylation is 2. The molecule has 0 unspecified atom stereocenters. The highest BCUT2D eigenvalue weighted by Crippen LogP contribution is 2.12. The molecule has 2 rings (SSSR count). The molecule has 1 aliphatic heterocycles. The Balaban J connectivity index is 0.00000180. The fraction of sp³-hybridized carbons (Fsp3) is 0.692. The Morgan fingerprint density at radius 1 is 1.32 bits per heavy atom. The van der Waals surface area contributed by atoms with Crippen LogP contribution >= 0.6 is 24.0 Å². The van der Waals surface area contributed by atoms with Crippen LogP contribution in [0.25, 0.3) is 0 Å². The summed E-state index contributed by atoms with van der Waals surface area (Å²) in [6.07, 6.45) is 2.54. The van der Waals surface area contributed by atoms with Gasteiger partial charge in [0.25, 0.3) is 0 Å². The molecule has 0 radical (unpaired) electrons. The molecule has 1 N–H and O–H groups in total. The Bertz CT molecular complexity index is 446. The van der Waals surface area contributed by atoms with E-state index < -0.39 is 0 Å². The molecule has 1 aromatic heterocycles. The first-order chi connectivity index (χ1) is 8.63. The molecule has 0 atom stereocenters. The molecule has 6 heteroatoms. The van der Waals surface area contributed by atoms with Crippen LogP contribution in [0.4, 0.5) is 0 Å². The van der Waals surface area contributed by atoms with Crippen molar-refractivity contribution in [1.82, 2.24) is 20.0 Å². The van der Waals surface area contributed by atoms with Gasteiger partial charge in [0.15, 0.2) is 5.96 Å². The van der Waals surface area contributed by atoms with E-state index in [4.69, 9.17) is 0 Å². The summed E-state index contributed by atoms with van der Waals surface area (Å²) >= 11 is 0. The lowest BCUT2D eigenvalue weighted by Gasteiger charge is -2.20. The highest BCUT2D eigenvalue weighted by Gasteiger charge is 2.16. The van der Waals surface area contributed by atoms with E-state index in [0.29, 0.717) is 0 Å². The van der Waals surface area contributed by atoms with Gasteiger partial charge in [-0.05, 0) is 26.7 Å². The van der Waals surface area contributed by atoms with Crippen molar-refractivity contribution < 1.29 is 0 Å². The van der Waals surface area contributed by atoms with E-state index in [0.717, 1.165) is 31.3 Å². The smallest absolute Gasteiger partial charge is 0.193 e. The highest BCUT2D eigenvalue weighted by atomic mass is 127. The SMILES string of the molecule is CN=C(NCc1c(C)nn(C)c1C)N1CCCC1.I. The predicted molar refractivity (Wildman–Crippen MR) is 89.1 cm³/mol. The highest BCUT2D eigenvalue weighted by molar-refractivity contribution is 14.0. The van der Waals surface area contributed by atoms with E-state index >= 15 is 0 Å². The predicted octanol–water partition coefficient (Wildman–Crippen LogP) is 1.83. The summed E-state index contributed by atoms with van der Waals surface area (Å²) < 4.78 is 1.94. The minimum absolute atomic E-state index is 0. The Morgan fingerprint density at radius 3 is 2.42 bits per heavy atom. The molecule has 0 saturated carbocycles. The van der Waals surface area contributed by atoms with Gasteiger partial charge in [0, 0.05) is 45.0 Å². The first-order valence-corrected chi connectivity index (χ1v) is 6.58. The number of aromatic nitrogens is 2. The summed E-state index contributed by atoms with van der Waals surface area (Å²) in [5, 5.41) is 7.88. The van der Waals surface area contributed by atoms with E-state index in [1.54, 1.807) is 0 Å². The monoisotopic (exact) mass is 377 g/mol. The number of hydrogen-bond acceptors (Lipinski definition) is 2. The summed E-state index contributed by atoms with van der Waals surface area (Å²) in [5.41, 5.74) is 3.59. The van der Waals surface area contributed by atoms with Gasteiger partial charge in [-0.25, -0.2) is 0 Å². The third-order valence-electron chi connectivity index (χ3n) is 3.70. The van der Waals surface area contributed by atoms with Crippen molar-refractivity contribution in [3.63, 3.8) is 0 Å². The molecule has 0 bridgehead atoms. The van der Waals surface area contributed by atoms with Crippen LogP contribution < -0.4 is 5.32 Å². The van der Waals surface area contributed by atoms with Crippen molar-refractivity contribution in [2.45, 2.75) is 33.2 Å². The number of aliphatic imine (C=N–C) groups is 1. The van der Waals surface area contributed by atoms with Crippen LogP contribution in [0.3, 0.4) is 0 Å². The molecule has 2 heterocycles. The van der Waals surface area contributed by atoms with Crippen LogP contribution in [0.2, 0.25) is 0 Å². The van der Waals surface area contributed by atoms with Gasteiger partial charge < -0.3 is 10.2 Å². The quantitative estimate of drug-likeness (QED) is 0.486.